The van der Waals surface area contributed by atoms with Crippen molar-refractivity contribution in [1.29, 1.82) is 0 Å². The van der Waals surface area contributed by atoms with Gasteiger partial charge in [0.1, 0.15) is 0 Å². The molecule has 1 aromatic rings. The van der Waals surface area contributed by atoms with Gasteiger partial charge in [-0.3, -0.25) is 4.79 Å². The van der Waals surface area contributed by atoms with Gasteiger partial charge in [0.05, 0.1) is 17.8 Å². The van der Waals surface area contributed by atoms with Crippen molar-refractivity contribution in [3.8, 4) is 5.75 Å². The van der Waals surface area contributed by atoms with Crippen molar-refractivity contribution < 1.29 is 9.53 Å². The molecular formula is C13H17ClN2O2. The Balaban J connectivity index is 2.47. The Morgan fingerprint density at radius 2 is 2.33 bits per heavy atom. The van der Waals surface area contributed by atoms with Crippen LogP contribution in [0.4, 0.5) is 5.69 Å². The molecule has 5 heteroatoms. The van der Waals surface area contributed by atoms with Crippen molar-refractivity contribution in [2.45, 2.75) is 19.8 Å². The Morgan fingerprint density at radius 3 is 2.94 bits per heavy atom. The van der Waals surface area contributed by atoms with Gasteiger partial charge < -0.3 is 15.8 Å². The van der Waals surface area contributed by atoms with Crippen LogP contribution < -0.4 is 15.8 Å². The van der Waals surface area contributed by atoms with E-state index in [4.69, 9.17) is 22.1 Å². The Hall–Kier alpha value is -1.26. The molecule has 0 aliphatic carbocycles. The van der Waals surface area contributed by atoms with E-state index in [-0.39, 0.29) is 11.8 Å². The summed E-state index contributed by atoms with van der Waals surface area (Å²) in [6.45, 7) is 2.50. The van der Waals surface area contributed by atoms with E-state index in [1.54, 1.807) is 7.11 Å². The van der Waals surface area contributed by atoms with Gasteiger partial charge in [-0.25, -0.2) is 0 Å². The zero-order chi connectivity index (χ0) is 13.3. The number of amides is 1. The third-order valence-electron chi connectivity index (χ3n) is 3.35. The van der Waals surface area contributed by atoms with E-state index in [2.05, 4.69) is 5.32 Å². The maximum atomic E-state index is 12.0. The molecule has 4 nitrogen and oxygen atoms in total. The first-order chi connectivity index (χ1) is 8.58. The lowest BCUT2D eigenvalue weighted by atomic mass is 9.88. The number of anilines is 1. The first kappa shape index (κ1) is 13.2. The molecule has 1 unspecified atom stereocenters. The number of fused-ring (bicyclic) bond motifs is 1. The van der Waals surface area contributed by atoms with Crippen LogP contribution in [0, 0.1) is 12.8 Å². The fraction of sp³-hybridized carbons (Fsp3) is 0.462. The summed E-state index contributed by atoms with van der Waals surface area (Å²) in [4.78, 5) is 12.0. The van der Waals surface area contributed by atoms with E-state index in [0.717, 1.165) is 11.1 Å². The second-order valence-corrected chi connectivity index (χ2v) is 4.94. The third-order valence-corrected chi connectivity index (χ3v) is 3.63. The summed E-state index contributed by atoms with van der Waals surface area (Å²) in [5.74, 6) is 0.469. The molecule has 0 fully saturated rings. The second-order valence-electron chi connectivity index (χ2n) is 4.53. The highest BCUT2D eigenvalue weighted by Gasteiger charge is 2.29. The van der Waals surface area contributed by atoms with Gasteiger partial charge in [-0.15, -0.1) is 0 Å². The molecule has 0 saturated heterocycles. The van der Waals surface area contributed by atoms with Crippen LogP contribution in [0.25, 0.3) is 0 Å². The van der Waals surface area contributed by atoms with Gasteiger partial charge in [-0.05, 0) is 43.5 Å². The molecule has 1 aliphatic rings. The average molecular weight is 269 g/mol. The molecule has 0 radical (unpaired) electrons. The van der Waals surface area contributed by atoms with Crippen molar-refractivity contribution in [2.75, 3.05) is 19.0 Å². The molecule has 1 aromatic carbocycles. The van der Waals surface area contributed by atoms with Crippen LogP contribution >= 0.6 is 11.6 Å². The fourth-order valence-corrected chi connectivity index (χ4v) is 2.73. The highest BCUT2D eigenvalue weighted by atomic mass is 35.5. The Kier molecular flexibility index (Phi) is 3.78. The number of ether oxygens (including phenoxy) is 1. The Morgan fingerprint density at radius 1 is 1.61 bits per heavy atom. The minimum absolute atomic E-state index is 0.00656. The van der Waals surface area contributed by atoms with E-state index in [9.17, 15) is 4.79 Å². The first-order valence-corrected chi connectivity index (χ1v) is 6.33. The van der Waals surface area contributed by atoms with Crippen LogP contribution in [0.2, 0.25) is 5.02 Å². The molecule has 98 valence electrons. The van der Waals surface area contributed by atoms with Crippen molar-refractivity contribution in [2.24, 2.45) is 11.7 Å². The monoisotopic (exact) mass is 268 g/mol. The number of hydrogen-bond donors (Lipinski definition) is 2. The maximum Gasteiger partial charge on any atom is 0.227 e. The van der Waals surface area contributed by atoms with Gasteiger partial charge in [-0.2, -0.15) is 0 Å². The van der Waals surface area contributed by atoms with Crippen molar-refractivity contribution in [3.05, 3.63) is 22.2 Å². The molecule has 1 aliphatic heterocycles. The van der Waals surface area contributed by atoms with Crippen molar-refractivity contribution >= 4 is 23.2 Å². The molecule has 1 heterocycles. The predicted molar refractivity (Wildman–Crippen MR) is 72.2 cm³/mol. The molecule has 0 aromatic heterocycles. The number of methoxy groups -OCH3 is 1. The molecule has 0 spiro atoms. The van der Waals surface area contributed by atoms with Gasteiger partial charge in [-0.1, -0.05) is 11.6 Å². The number of hydrogen-bond acceptors (Lipinski definition) is 3. The van der Waals surface area contributed by atoms with Crippen molar-refractivity contribution in [3.63, 3.8) is 0 Å². The maximum absolute atomic E-state index is 12.0. The molecule has 18 heavy (non-hydrogen) atoms. The number of benzene rings is 1. The summed E-state index contributed by atoms with van der Waals surface area (Å²) >= 11 is 6.12. The van der Waals surface area contributed by atoms with Gasteiger partial charge in [0.2, 0.25) is 5.91 Å². The van der Waals surface area contributed by atoms with Crippen LogP contribution in [0.5, 0.6) is 5.75 Å². The van der Waals surface area contributed by atoms with E-state index >= 15 is 0 Å². The van der Waals surface area contributed by atoms with Gasteiger partial charge >= 0.3 is 0 Å². The quantitative estimate of drug-likeness (QED) is 0.883. The van der Waals surface area contributed by atoms with Crippen molar-refractivity contribution in [1.82, 2.24) is 0 Å². The normalized spacial score (nSPS) is 18.2. The number of nitrogens with two attached hydrogens (primary N) is 1. The highest BCUT2D eigenvalue weighted by Crippen LogP contribution is 2.41. The molecule has 1 amide bonds. The molecular weight excluding hydrogens is 252 g/mol. The topological polar surface area (TPSA) is 64.3 Å². The SMILES string of the molecule is COc1c(Cl)cc(C)c2c1NC(=O)C(CCN)C2. The third kappa shape index (κ3) is 2.18. The lowest BCUT2D eigenvalue weighted by Gasteiger charge is -2.27. The standard InChI is InChI=1S/C13H17ClN2O2/c1-7-5-10(14)12(18-2)11-9(7)6-8(3-4-15)13(17)16-11/h5,8H,3-4,6,15H2,1-2H3,(H,16,17). The van der Waals surface area contributed by atoms with E-state index in [0.29, 0.717) is 35.8 Å². The number of aryl methyl sites for hydroxylation is 1. The summed E-state index contributed by atoms with van der Waals surface area (Å²) in [6.07, 6.45) is 1.38. The number of halogens is 1. The smallest absolute Gasteiger partial charge is 0.227 e. The Bertz CT molecular complexity index is 488. The van der Waals surface area contributed by atoms with Gasteiger partial charge in [0, 0.05) is 5.92 Å². The zero-order valence-electron chi connectivity index (χ0n) is 10.5. The fourth-order valence-electron chi connectivity index (χ4n) is 2.39. The van der Waals surface area contributed by atoms with E-state index in [1.807, 2.05) is 13.0 Å². The van der Waals surface area contributed by atoms with E-state index in [1.165, 1.54) is 0 Å². The van der Waals surface area contributed by atoms with Crippen LogP contribution in [-0.2, 0) is 11.2 Å². The van der Waals surface area contributed by atoms with Crippen LogP contribution in [-0.4, -0.2) is 19.6 Å². The number of carbonyl (C=O) groups excluding carboxylic acids is 1. The van der Waals surface area contributed by atoms with Crippen LogP contribution in [0.15, 0.2) is 6.07 Å². The molecule has 3 N–H and O–H groups in total. The van der Waals surface area contributed by atoms with Gasteiger partial charge in [0.15, 0.2) is 5.75 Å². The minimum Gasteiger partial charge on any atom is -0.493 e. The van der Waals surface area contributed by atoms with E-state index < -0.39 is 0 Å². The van der Waals surface area contributed by atoms with Crippen LogP contribution in [0.3, 0.4) is 0 Å². The number of rotatable bonds is 3. The van der Waals surface area contributed by atoms with Crippen LogP contribution in [0.1, 0.15) is 17.5 Å². The molecule has 0 saturated carbocycles. The summed E-state index contributed by atoms with van der Waals surface area (Å²) in [6, 6.07) is 1.87. The molecule has 0 bridgehead atoms. The summed E-state index contributed by atoms with van der Waals surface area (Å²) < 4.78 is 5.27. The molecule has 1 atom stereocenters. The first-order valence-electron chi connectivity index (χ1n) is 5.95. The average Bonchev–Trinajstić information content (AvgIpc) is 2.32. The number of carbonyl (C=O) groups is 1. The largest absolute Gasteiger partial charge is 0.493 e. The predicted octanol–water partition coefficient (Wildman–Crippen LogP) is 2.12. The second kappa shape index (κ2) is 5.16. The lowest BCUT2D eigenvalue weighted by molar-refractivity contribution is -0.120. The summed E-state index contributed by atoms with van der Waals surface area (Å²) in [7, 11) is 1.55. The summed E-state index contributed by atoms with van der Waals surface area (Å²) in [5.41, 5.74) is 8.40. The molecule has 2 rings (SSSR count). The zero-order valence-corrected chi connectivity index (χ0v) is 11.3. The summed E-state index contributed by atoms with van der Waals surface area (Å²) in [5, 5.41) is 3.41. The number of nitrogens with one attached hydrogen (secondary N) is 1. The Labute approximate surface area is 111 Å². The van der Waals surface area contributed by atoms with Gasteiger partial charge in [0.25, 0.3) is 0 Å². The minimum atomic E-state index is -0.0629. The highest BCUT2D eigenvalue weighted by molar-refractivity contribution is 6.33. The lowest BCUT2D eigenvalue weighted by Crippen LogP contribution is -2.32.